The molecule has 0 aliphatic carbocycles. The molecular weight excluding hydrogens is 348 g/mol. The van der Waals surface area contributed by atoms with Crippen LogP contribution in [0.25, 0.3) is 0 Å². The van der Waals surface area contributed by atoms with Gasteiger partial charge >= 0.3 is 0 Å². The summed E-state index contributed by atoms with van der Waals surface area (Å²) >= 11 is 0. The largest absolute Gasteiger partial charge is 0.459 e. The van der Waals surface area contributed by atoms with Gasteiger partial charge in [-0.25, -0.2) is 0 Å². The second-order valence-corrected chi connectivity index (χ2v) is 7.22. The summed E-state index contributed by atoms with van der Waals surface area (Å²) in [5.41, 5.74) is 0. The van der Waals surface area contributed by atoms with Crippen molar-refractivity contribution in [2.75, 3.05) is 33.2 Å². The Labute approximate surface area is 159 Å². The van der Waals surface area contributed by atoms with Gasteiger partial charge < -0.3 is 20.0 Å². The van der Waals surface area contributed by atoms with E-state index in [9.17, 15) is 14.4 Å². The summed E-state index contributed by atoms with van der Waals surface area (Å²) in [6.07, 6.45) is 5.59. The summed E-state index contributed by atoms with van der Waals surface area (Å²) in [5.74, 6) is -0.0245. The summed E-state index contributed by atoms with van der Waals surface area (Å²) in [6, 6.07) is 2.95. The van der Waals surface area contributed by atoms with Gasteiger partial charge in [-0.15, -0.1) is 0 Å². The van der Waals surface area contributed by atoms with Gasteiger partial charge in [-0.3, -0.25) is 19.3 Å². The van der Waals surface area contributed by atoms with Gasteiger partial charge in [0.1, 0.15) is 6.04 Å². The third kappa shape index (κ3) is 4.88. The maximum Gasteiger partial charge on any atom is 0.290 e. The lowest BCUT2D eigenvalue weighted by Crippen LogP contribution is -2.55. The molecule has 148 valence electrons. The number of carbonyl (C=O) groups is 3. The molecule has 8 nitrogen and oxygen atoms in total. The van der Waals surface area contributed by atoms with E-state index in [1.54, 1.807) is 24.1 Å². The second kappa shape index (κ2) is 9.03. The van der Waals surface area contributed by atoms with Crippen LogP contribution < -0.4 is 10.6 Å². The van der Waals surface area contributed by atoms with Crippen molar-refractivity contribution in [2.24, 2.45) is 0 Å². The lowest BCUT2D eigenvalue weighted by Gasteiger charge is -2.37. The molecule has 2 fully saturated rings. The van der Waals surface area contributed by atoms with Crippen LogP contribution in [-0.4, -0.2) is 72.8 Å². The Balaban J connectivity index is 1.53. The minimum Gasteiger partial charge on any atom is -0.459 e. The van der Waals surface area contributed by atoms with Crippen LogP contribution >= 0.6 is 0 Å². The maximum absolute atomic E-state index is 12.8. The van der Waals surface area contributed by atoms with Gasteiger partial charge in [0.2, 0.25) is 11.8 Å². The number of nitrogens with one attached hydrogen (secondary N) is 2. The van der Waals surface area contributed by atoms with Crippen molar-refractivity contribution in [1.82, 2.24) is 20.4 Å². The van der Waals surface area contributed by atoms with Gasteiger partial charge in [-0.05, 0) is 44.2 Å². The van der Waals surface area contributed by atoms with Crippen LogP contribution in [0.15, 0.2) is 22.8 Å². The topological polar surface area (TPSA) is 94.9 Å². The van der Waals surface area contributed by atoms with Crippen molar-refractivity contribution in [1.29, 1.82) is 0 Å². The van der Waals surface area contributed by atoms with E-state index in [-0.39, 0.29) is 29.5 Å². The Morgan fingerprint density at radius 2 is 1.93 bits per heavy atom. The summed E-state index contributed by atoms with van der Waals surface area (Å²) in [4.78, 5) is 40.7. The minimum atomic E-state index is -0.444. The number of piperidine rings is 2. The number of amides is 3. The molecule has 1 aromatic rings. The highest BCUT2D eigenvalue weighted by molar-refractivity contribution is 5.95. The molecule has 2 aliphatic rings. The van der Waals surface area contributed by atoms with E-state index in [2.05, 4.69) is 15.5 Å². The highest BCUT2D eigenvalue weighted by Crippen LogP contribution is 2.21. The first-order chi connectivity index (χ1) is 13.1. The highest BCUT2D eigenvalue weighted by atomic mass is 16.3. The van der Waals surface area contributed by atoms with E-state index in [0.29, 0.717) is 19.5 Å². The van der Waals surface area contributed by atoms with E-state index in [0.717, 1.165) is 38.8 Å². The van der Waals surface area contributed by atoms with Gasteiger partial charge in [0, 0.05) is 32.7 Å². The molecule has 2 N–H and O–H groups in total. The Bertz CT molecular complexity index is 653. The molecule has 1 unspecified atom stereocenters. The Morgan fingerprint density at radius 1 is 1.15 bits per heavy atom. The van der Waals surface area contributed by atoms with Gasteiger partial charge in [0.05, 0.1) is 12.8 Å². The zero-order valence-corrected chi connectivity index (χ0v) is 15.8. The van der Waals surface area contributed by atoms with Crippen LogP contribution in [-0.2, 0) is 9.59 Å². The van der Waals surface area contributed by atoms with Gasteiger partial charge in [0.15, 0.2) is 5.76 Å². The number of likely N-dealkylation sites (tertiary alicyclic amines) is 2. The Hall–Kier alpha value is -2.35. The van der Waals surface area contributed by atoms with Gasteiger partial charge in [-0.1, -0.05) is 0 Å². The summed E-state index contributed by atoms with van der Waals surface area (Å²) in [6.45, 7) is 2.52. The molecule has 2 saturated heterocycles. The first-order valence-corrected chi connectivity index (χ1v) is 9.66. The van der Waals surface area contributed by atoms with Crippen molar-refractivity contribution < 1.29 is 18.8 Å². The summed E-state index contributed by atoms with van der Waals surface area (Å²) < 4.78 is 5.22. The van der Waals surface area contributed by atoms with Crippen LogP contribution in [0.1, 0.15) is 42.7 Å². The monoisotopic (exact) mass is 376 g/mol. The molecule has 0 bridgehead atoms. The molecule has 2 aliphatic heterocycles. The highest BCUT2D eigenvalue weighted by Gasteiger charge is 2.35. The molecule has 0 radical (unpaired) electrons. The molecular formula is C19H28N4O4. The summed E-state index contributed by atoms with van der Waals surface area (Å²) in [7, 11) is 1.63. The van der Waals surface area contributed by atoms with E-state index in [1.165, 1.54) is 6.26 Å². The van der Waals surface area contributed by atoms with Gasteiger partial charge in [-0.2, -0.15) is 0 Å². The number of rotatable bonds is 5. The average molecular weight is 376 g/mol. The molecule has 1 aromatic heterocycles. The number of nitrogens with zero attached hydrogens (tertiary/aromatic N) is 2. The van der Waals surface area contributed by atoms with Crippen LogP contribution in [0.5, 0.6) is 0 Å². The molecule has 3 rings (SSSR count). The number of furan rings is 1. The lowest BCUT2D eigenvalue weighted by molar-refractivity contribution is -0.128. The summed E-state index contributed by atoms with van der Waals surface area (Å²) in [5, 5.41) is 5.75. The molecule has 8 heteroatoms. The fourth-order valence-corrected chi connectivity index (χ4v) is 3.80. The molecule has 0 saturated carbocycles. The van der Waals surface area contributed by atoms with Crippen LogP contribution in [0.4, 0.5) is 0 Å². The Kier molecular flexibility index (Phi) is 6.49. The fourth-order valence-electron chi connectivity index (χ4n) is 3.80. The number of likely N-dealkylation sites (N-methyl/N-ethyl adjacent to an activating group) is 1. The number of carbonyl (C=O) groups excluding carboxylic acids is 3. The maximum atomic E-state index is 12.8. The zero-order valence-electron chi connectivity index (χ0n) is 15.8. The SMILES string of the molecule is CNC(=O)CN1CCC(NC(=O)C2CCCCN2C(=O)c2ccco2)CC1. The molecule has 0 spiro atoms. The molecule has 0 aromatic carbocycles. The van der Waals surface area contributed by atoms with Crippen molar-refractivity contribution in [2.45, 2.75) is 44.2 Å². The molecule has 3 heterocycles. The first-order valence-electron chi connectivity index (χ1n) is 9.66. The van der Waals surface area contributed by atoms with Gasteiger partial charge in [0.25, 0.3) is 5.91 Å². The molecule has 3 amide bonds. The van der Waals surface area contributed by atoms with E-state index in [4.69, 9.17) is 4.42 Å². The number of hydrogen-bond acceptors (Lipinski definition) is 5. The third-order valence-electron chi connectivity index (χ3n) is 5.38. The van der Waals surface area contributed by atoms with E-state index in [1.807, 2.05) is 0 Å². The first kappa shape index (κ1) is 19.4. The van der Waals surface area contributed by atoms with Crippen LogP contribution in [0, 0.1) is 0 Å². The van der Waals surface area contributed by atoms with Crippen molar-refractivity contribution in [3.8, 4) is 0 Å². The predicted octanol–water partition coefficient (Wildman–Crippen LogP) is 0.601. The van der Waals surface area contributed by atoms with Crippen molar-refractivity contribution >= 4 is 17.7 Å². The predicted molar refractivity (Wildman–Crippen MR) is 99.1 cm³/mol. The smallest absolute Gasteiger partial charge is 0.290 e. The second-order valence-electron chi connectivity index (χ2n) is 7.22. The quantitative estimate of drug-likeness (QED) is 0.785. The molecule has 27 heavy (non-hydrogen) atoms. The minimum absolute atomic E-state index is 0.00627. The van der Waals surface area contributed by atoms with Crippen molar-refractivity contribution in [3.63, 3.8) is 0 Å². The fraction of sp³-hybridized carbons (Fsp3) is 0.632. The van der Waals surface area contributed by atoms with E-state index < -0.39 is 6.04 Å². The lowest BCUT2D eigenvalue weighted by atomic mass is 9.99. The van der Waals surface area contributed by atoms with Crippen LogP contribution in [0.2, 0.25) is 0 Å². The van der Waals surface area contributed by atoms with Crippen molar-refractivity contribution in [3.05, 3.63) is 24.2 Å². The standard InChI is InChI=1S/C19H28N4O4/c1-20-17(24)13-22-10-7-14(8-11-22)21-18(25)15-5-2-3-9-23(15)19(26)16-6-4-12-27-16/h4,6,12,14-15H,2-3,5,7-11,13H2,1H3,(H,20,24)(H,21,25). The third-order valence-corrected chi connectivity index (χ3v) is 5.38. The number of hydrogen-bond donors (Lipinski definition) is 2. The average Bonchev–Trinajstić information content (AvgIpc) is 3.23. The normalized spacial score (nSPS) is 21.7. The molecule has 1 atom stereocenters. The van der Waals surface area contributed by atoms with E-state index >= 15 is 0 Å². The Morgan fingerprint density at radius 3 is 2.59 bits per heavy atom. The zero-order chi connectivity index (χ0) is 19.2. The van der Waals surface area contributed by atoms with Crippen LogP contribution in [0.3, 0.4) is 0 Å².